The lowest BCUT2D eigenvalue weighted by molar-refractivity contribution is -0.209. The van der Waals surface area contributed by atoms with E-state index in [9.17, 15) is 13.2 Å². The van der Waals surface area contributed by atoms with Crippen LogP contribution in [-0.4, -0.2) is 30.7 Å². The van der Waals surface area contributed by atoms with Gasteiger partial charge in [0.25, 0.3) is 0 Å². The summed E-state index contributed by atoms with van der Waals surface area (Å²) in [7, 11) is 0. The van der Waals surface area contributed by atoms with E-state index >= 15 is 0 Å². The van der Waals surface area contributed by atoms with Gasteiger partial charge in [-0.3, -0.25) is 0 Å². The molecule has 0 atom stereocenters. The fourth-order valence-corrected chi connectivity index (χ4v) is 1.44. The van der Waals surface area contributed by atoms with Crippen molar-refractivity contribution in [3.05, 3.63) is 0 Å². The Morgan fingerprint density at radius 2 is 1.83 bits per heavy atom. The lowest BCUT2D eigenvalue weighted by Gasteiger charge is -2.40. The van der Waals surface area contributed by atoms with Crippen LogP contribution in [-0.2, 0) is 0 Å². The number of likely N-dealkylation sites (tertiary alicyclic amines) is 1. The Labute approximate surface area is 70.5 Å². The SMILES string of the molecule is CC(C)CN1CC(C(F)(F)F)C1. The molecule has 1 aliphatic heterocycles. The minimum atomic E-state index is -3.98. The van der Waals surface area contributed by atoms with Crippen LogP contribution in [0.25, 0.3) is 0 Å². The molecule has 0 aromatic heterocycles. The second-order valence-corrected chi connectivity index (χ2v) is 3.85. The summed E-state index contributed by atoms with van der Waals surface area (Å²) in [5, 5.41) is 0. The first-order valence-electron chi connectivity index (χ1n) is 4.18. The maximum absolute atomic E-state index is 12.0. The summed E-state index contributed by atoms with van der Waals surface area (Å²) < 4.78 is 36.0. The highest BCUT2D eigenvalue weighted by atomic mass is 19.4. The highest BCUT2D eigenvalue weighted by molar-refractivity contribution is 4.84. The van der Waals surface area contributed by atoms with Crippen LogP contribution >= 0.6 is 0 Å². The van der Waals surface area contributed by atoms with Crippen LogP contribution in [0.5, 0.6) is 0 Å². The first-order valence-corrected chi connectivity index (χ1v) is 4.18. The molecule has 72 valence electrons. The molecule has 1 rings (SSSR count). The summed E-state index contributed by atoms with van der Waals surface area (Å²) in [6.45, 7) is 5.21. The summed E-state index contributed by atoms with van der Waals surface area (Å²) in [5.41, 5.74) is 0. The van der Waals surface area contributed by atoms with Gasteiger partial charge >= 0.3 is 6.18 Å². The van der Waals surface area contributed by atoms with E-state index in [1.54, 1.807) is 0 Å². The van der Waals surface area contributed by atoms with Crippen LogP contribution in [0.15, 0.2) is 0 Å². The minimum absolute atomic E-state index is 0.196. The number of hydrogen-bond donors (Lipinski definition) is 0. The Balaban J connectivity index is 2.20. The smallest absolute Gasteiger partial charge is 0.302 e. The van der Waals surface area contributed by atoms with Crippen molar-refractivity contribution in [1.29, 1.82) is 0 Å². The van der Waals surface area contributed by atoms with Crippen LogP contribution < -0.4 is 0 Å². The third kappa shape index (κ3) is 2.37. The molecule has 1 fully saturated rings. The van der Waals surface area contributed by atoms with E-state index in [4.69, 9.17) is 0 Å². The van der Waals surface area contributed by atoms with Crippen LogP contribution in [0, 0.1) is 11.8 Å². The third-order valence-electron chi connectivity index (χ3n) is 2.04. The molecule has 0 spiro atoms. The van der Waals surface area contributed by atoms with Gasteiger partial charge in [-0.1, -0.05) is 13.8 Å². The predicted octanol–water partition coefficient (Wildman–Crippen LogP) is 2.14. The van der Waals surface area contributed by atoms with Crippen molar-refractivity contribution >= 4 is 0 Å². The van der Waals surface area contributed by atoms with Gasteiger partial charge in [0.2, 0.25) is 0 Å². The maximum atomic E-state index is 12.0. The molecular formula is C8H14F3N. The van der Waals surface area contributed by atoms with Gasteiger partial charge in [-0.2, -0.15) is 13.2 Å². The molecule has 12 heavy (non-hydrogen) atoms. The largest absolute Gasteiger partial charge is 0.394 e. The second-order valence-electron chi connectivity index (χ2n) is 3.85. The first kappa shape index (κ1) is 9.84. The summed E-state index contributed by atoms with van der Waals surface area (Å²) in [4.78, 5) is 1.85. The topological polar surface area (TPSA) is 3.24 Å². The predicted molar refractivity (Wildman–Crippen MR) is 40.8 cm³/mol. The fourth-order valence-electron chi connectivity index (χ4n) is 1.44. The zero-order valence-corrected chi connectivity index (χ0v) is 7.36. The molecule has 0 N–H and O–H groups in total. The molecule has 0 unspecified atom stereocenters. The number of alkyl halides is 3. The van der Waals surface area contributed by atoms with Crippen molar-refractivity contribution in [3.8, 4) is 0 Å². The van der Waals surface area contributed by atoms with Gasteiger partial charge < -0.3 is 4.90 Å². The van der Waals surface area contributed by atoms with Crippen LogP contribution in [0.3, 0.4) is 0 Å². The number of halogens is 3. The van der Waals surface area contributed by atoms with Crippen molar-refractivity contribution < 1.29 is 13.2 Å². The number of rotatable bonds is 2. The number of nitrogens with zero attached hydrogens (tertiary/aromatic N) is 1. The third-order valence-corrected chi connectivity index (χ3v) is 2.04. The van der Waals surface area contributed by atoms with Crippen molar-refractivity contribution in [2.75, 3.05) is 19.6 Å². The molecule has 1 nitrogen and oxygen atoms in total. The van der Waals surface area contributed by atoms with Gasteiger partial charge in [-0.15, -0.1) is 0 Å². The quantitative estimate of drug-likeness (QED) is 0.630. The van der Waals surface area contributed by atoms with Gasteiger partial charge in [-0.05, 0) is 5.92 Å². The Bertz CT molecular complexity index is 147. The van der Waals surface area contributed by atoms with E-state index in [0.29, 0.717) is 5.92 Å². The van der Waals surface area contributed by atoms with Crippen LogP contribution in [0.4, 0.5) is 13.2 Å². The van der Waals surface area contributed by atoms with E-state index in [-0.39, 0.29) is 13.1 Å². The van der Waals surface area contributed by atoms with E-state index < -0.39 is 12.1 Å². The fraction of sp³-hybridized carbons (Fsp3) is 1.00. The summed E-state index contributed by atoms with van der Waals surface area (Å²) >= 11 is 0. The summed E-state index contributed by atoms with van der Waals surface area (Å²) in [6.07, 6.45) is -3.98. The molecule has 0 saturated carbocycles. The maximum Gasteiger partial charge on any atom is 0.394 e. The molecule has 0 aromatic carbocycles. The van der Waals surface area contributed by atoms with Gasteiger partial charge in [0.1, 0.15) is 0 Å². The minimum Gasteiger partial charge on any atom is -0.302 e. The number of hydrogen-bond acceptors (Lipinski definition) is 1. The van der Waals surface area contributed by atoms with Crippen molar-refractivity contribution in [2.24, 2.45) is 11.8 Å². The van der Waals surface area contributed by atoms with E-state index in [0.717, 1.165) is 6.54 Å². The Hall–Kier alpha value is -0.250. The molecule has 0 aliphatic carbocycles. The molecule has 1 aliphatic rings. The molecule has 0 bridgehead atoms. The summed E-state index contributed by atoms with van der Waals surface area (Å²) in [5.74, 6) is -0.615. The van der Waals surface area contributed by atoms with E-state index in [1.165, 1.54) is 0 Å². The van der Waals surface area contributed by atoms with Gasteiger partial charge in [0.05, 0.1) is 5.92 Å². The standard InChI is InChI=1S/C8H14F3N/c1-6(2)3-12-4-7(5-12)8(9,10)11/h6-7H,3-5H2,1-2H3. The van der Waals surface area contributed by atoms with Gasteiger partial charge in [-0.25, -0.2) is 0 Å². The highest BCUT2D eigenvalue weighted by Crippen LogP contribution is 2.33. The molecule has 0 aromatic rings. The summed E-state index contributed by atoms with van der Waals surface area (Å²) in [6, 6.07) is 0. The van der Waals surface area contributed by atoms with Crippen LogP contribution in [0.1, 0.15) is 13.8 Å². The molecular weight excluding hydrogens is 167 g/mol. The Kier molecular flexibility index (Phi) is 2.66. The van der Waals surface area contributed by atoms with Crippen LogP contribution in [0.2, 0.25) is 0 Å². The van der Waals surface area contributed by atoms with Gasteiger partial charge in [0, 0.05) is 19.6 Å². The van der Waals surface area contributed by atoms with Gasteiger partial charge in [0.15, 0.2) is 0 Å². The lowest BCUT2D eigenvalue weighted by Crippen LogP contribution is -2.54. The molecule has 4 heteroatoms. The van der Waals surface area contributed by atoms with Crippen molar-refractivity contribution in [2.45, 2.75) is 20.0 Å². The average molecular weight is 181 g/mol. The second kappa shape index (κ2) is 3.24. The Morgan fingerprint density at radius 1 is 1.33 bits per heavy atom. The molecule has 0 amide bonds. The molecule has 1 heterocycles. The monoisotopic (exact) mass is 181 g/mol. The van der Waals surface area contributed by atoms with Crippen molar-refractivity contribution in [1.82, 2.24) is 4.90 Å². The van der Waals surface area contributed by atoms with E-state index in [1.807, 2.05) is 18.7 Å². The normalized spacial score (nSPS) is 21.5. The van der Waals surface area contributed by atoms with Crippen molar-refractivity contribution in [3.63, 3.8) is 0 Å². The molecule has 1 saturated heterocycles. The zero-order valence-electron chi connectivity index (χ0n) is 7.36. The zero-order chi connectivity index (χ0) is 9.35. The highest BCUT2D eigenvalue weighted by Gasteiger charge is 2.46. The molecule has 0 radical (unpaired) electrons. The average Bonchev–Trinajstić information content (AvgIpc) is 1.73. The lowest BCUT2D eigenvalue weighted by atomic mass is 9.98. The first-order chi connectivity index (χ1) is 5.39. The van der Waals surface area contributed by atoms with E-state index in [2.05, 4.69) is 0 Å². The Morgan fingerprint density at radius 3 is 2.17 bits per heavy atom.